The lowest BCUT2D eigenvalue weighted by atomic mass is 9.96. The number of carbonyl (C=O) groups excluding carboxylic acids is 1. The van der Waals surface area contributed by atoms with E-state index in [2.05, 4.69) is 10.3 Å². The van der Waals surface area contributed by atoms with E-state index in [1.807, 2.05) is 43.3 Å². The predicted octanol–water partition coefficient (Wildman–Crippen LogP) is 4.11. The Balaban J connectivity index is 0.00000264. The minimum atomic E-state index is -0.834. The summed E-state index contributed by atoms with van der Waals surface area (Å²) in [7, 11) is 0. The number of hydrogen-bond donors (Lipinski definition) is 2. The lowest BCUT2D eigenvalue weighted by molar-refractivity contribution is -0.120. The van der Waals surface area contributed by atoms with Crippen molar-refractivity contribution in [3.8, 4) is 0 Å². The van der Waals surface area contributed by atoms with Gasteiger partial charge in [-0.15, -0.1) is 12.4 Å². The van der Waals surface area contributed by atoms with Crippen molar-refractivity contribution in [2.24, 2.45) is 5.73 Å². The third kappa shape index (κ3) is 5.86. The Morgan fingerprint density at radius 2 is 1.74 bits per heavy atom. The summed E-state index contributed by atoms with van der Waals surface area (Å²) in [5.41, 5.74) is 5.96. The molecule has 3 N–H and O–H groups in total. The maximum atomic E-state index is 12.2. The van der Waals surface area contributed by atoms with Gasteiger partial charge in [0.15, 0.2) is 0 Å². The molecule has 0 bridgehead atoms. The number of hydrogen-bond acceptors (Lipinski definition) is 4. The van der Waals surface area contributed by atoms with E-state index in [4.69, 9.17) is 5.73 Å². The molecule has 0 fully saturated rings. The first kappa shape index (κ1) is 19.5. The highest BCUT2D eigenvalue weighted by Gasteiger charge is 2.26. The third-order valence-corrected chi connectivity index (χ3v) is 4.30. The lowest BCUT2D eigenvalue weighted by Gasteiger charge is -2.22. The highest BCUT2D eigenvalue weighted by atomic mass is 35.5. The monoisotopic (exact) mass is 351 g/mol. The van der Waals surface area contributed by atoms with Crippen molar-refractivity contribution >= 4 is 35.8 Å². The number of aromatic nitrogens is 1. The summed E-state index contributed by atoms with van der Waals surface area (Å²) >= 11 is 1.65. The van der Waals surface area contributed by atoms with Gasteiger partial charge in [0, 0.05) is 27.9 Å². The van der Waals surface area contributed by atoms with Gasteiger partial charge in [-0.1, -0.05) is 25.1 Å². The van der Waals surface area contributed by atoms with E-state index in [0.29, 0.717) is 6.42 Å². The Hall–Kier alpha value is -1.56. The van der Waals surface area contributed by atoms with Crippen molar-refractivity contribution in [3.05, 3.63) is 48.8 Å². The van der Waals surface area contributed by atoms with E-state index in [9.17, 15) is 4.79 Å². The average molecular weight is 352 g/mol. The summed E-state index contributed by atoms with van der Waals surface area (Å²) in [6.07, 6.45) is 5.08. The summed E-state index contributed by atoms with van der Waals surface area (Å²) in [4.78, 5) is 18.4. The van der Waals surface area contributed by atoms with Crippen molar-refractivity contribution in [1.82, 2.24) is 4.98 Å². The molecule has 0 spiro atoms. The molecule has 0 aliphatic heterocycles. The molecule has 23 heavy (non-hydrogen) atoms. The largest absolute Gasteiger partial charge is 0.325 e. The van der Waals surface area contributed by atoms with Gasteiger partial charge in [-0.25, -0.2) is 0 Å². The maximum Gasteiger partial charge on any atom is 0.244 e. The molecule has 4 nitrogen and oxygen atoms in total. The zero-order valence-corrected chi connectivity index (χ0v) is 14.9. The van der Waals surface area contributed by atoms with Gasteiger partial charge in [0.05, 0.1) is 5.54 Å². The molecule has 0 saturated heterocycles. The van der Waals surface area contributed by atoms with Crippen LogP contribution in [-0.4, -0.2) is 16.4 Å². The van der Waals surface area contributed by atoms with Crippen LogP contribution < -0.4 is 11.1 Å². The van der Waals surface area contributed by atoms with E-state index in [1.54, 1.807) is 31.1 Å². The zero-order chi connectivity index (χ0) is 16.0. The number of nitrogens with one attached hydrogen (secondary N) is 1. The van der Waals surface area contributed by atoms with Gasteiger partial charge >= 0.3 is 0 Å². The number of pyridine rings is 1. The topological polar surface area (TPSA) is 68.0 Å². The summed E-state index contributed by atoms with van der Waals surface area (Å²) in [5, 5.41) is 2.87. The number of rotatable bonds is 6. The van der Waals surface area contributed by atoms with Crippen molar-refractivity contribution in [2.45, 2.75) is 42.0 Å². The predicted molar refractivity (Wildman–Crippen MR) is 98.2 cm³/mol. The standard InChI is InChI=1S/C17H21N3OS.ClH/c1-3-10-17(2,18)16(21)20-13-4-6-14(7-5-13)22-15-8-11-19-12-9-15;/h4-9,11-12H,3,10,18H2,1-2H3,(H,20,21);1H. The van der Waals surface area contributed by atoms with Gasteiger partial charge in [0.2, 0.25) is 5.91 Å². The van der Waals surface area contributed by atoms with Crippen LogP contribution in [0.1, 0.15) is 26.7 Å². The highest BCUT2D eigenvalue weighted by molar-refractivity contribution is 7.99. The first-order valence-electron chi connectivity index (χ1n) is 7.29. The van der Waals surface area contributed by atoms with Crippen LogP contribution >= 0.6 is 24.2 Å². The summed E-state index contributed by atoms with van der Waals surface area (Å²) in [5.74, 6) is -0.149. The van der Waals surface area contributed by atoms with Gasteiger partial charge in [-0.3, -0.25) is 9.78 Å². The lowest BCUT2D eigenvalue weighted by Crippen LogP contribution is -2.48. The van der Waals surface area contributed by atoms with Crippen LogP contribution in [0.5, 0.6) is 0 Å². The quantitative estimate of drug-likeness (QED) is 0.821. The highest BCUT2D eigenvalue weighted by Crippen LogP contribution is 2.28. The molecule has 0 saturated carbocycles. The van der Waals surface area contributed by atoms with Crippen LogP contribution in [-0.2, 0) is 4.79 Å². The second-order valence-corrected chi connectivity index (χ2v) is 6.58. The fourth-order valence-corrected chi connectivity index (χ4v) is 2.86. The first-order chi connectivity index (χ1) is 10.5. The van der Waals surface area contributed by atoms with Gasteiger partial charge in [0.1, 0.15) is 0 Å². The molecule has 1 atom stereocenters. The van der Waals surface area contributed by atoms with Crippen molar-refractivity contribution in [1.29, 1.82) is 0 Å². The van der Waals surface area contributed by atoms with Crippen molar-refractivity contribution < 1.29 is 4.79 Å². The molecule has 2 rings (SSSR count). The molecule has 1 aromatic heterocycles. The molecule has 124 valence electrons. The van der Waals surface area contributed by atoms with E-state index in [1.165, 1.54) is 0 Å². The Morgan fingerprint density at radius 1 is 1.17 bits per heavy atom. The van der Waals surface area contributed by atoms with E-state index in [-0.39, 0.29) is 18.3 Å². The van der Waals surface area contributed by atoms with Crippen LogP contribution in [0.2, 0.25) is 0 Å². The second kappa shape index (κ2) is 8.91. The smallest absolute Gasteiger partial charge is 0.244 e. The Labute approximate surface area is 147 Å². The number of amides is 1. The molecule has 0 aliphatic rings. The van der Waals surface area contributed by atoms with Crippen molar-refractivity contribution in [3.63, 3.8) is 0 Å². The van der Waals surface area contributed by atoms with Crippen LogP contribution in [0.15, 0.2) is 58.6 Å². The number of carbonyl (C=O) groups is 1. The van der Waals surface area contributed by atoms with Crippen molar-refractivity contribution in [2.75, 3.05) is 5.32 Å². The summed E-state index contributed by atoms with van der Waals surface area (Å²) in [6, 6.07) is 11.7. The molecular weight excluding hydrogens is 330 g/mol. The minimum absolute atomic E-state index is 0. The average Bonchev–Trinajstić information content (AvgIpc) is 2.50. The zero-order valence-electron chi connectivity index (χ0n) is 13.3. The minimum Gasteiger partial charge on any atom is -0.325 e. The second-order valence-electron chi connectivity index (χ2n) is 5.43. The molecule has 6 heteroatoms. The SMILES string of the molecule is CCCC(C)(N)C(=O)Nc1ccc(Sc2ccncc2)cc1.Cl. The van der Waals surface area contributed by atoms with E-state index >= 15 is 0 Å². The molecule has 1 unspecified atom stereocenters. The van der Waals surface area contributed by atoms with E-state index in [0.717, 1.165) is 21.9 Å². The van der Waals surface area contributed by atoms with Crippen LogP contribution in [0.25, 0.3) is 0 Å². The molecule has 1 amide bonds. The van der Waals surface area contributed by atoms with Crippen LogP contribution in [0.3, 0.4) is 0 Å². The summed E-state index contributed by atoms with van der Waals surface area (Å²) in [6.45, 7) is 3.78. The molecule has 2 aromatic rings. The normalized spacial score (nSPS) is 12.8. The number of anilines is 1. The molecule has 0 radical (unpaired) electrons. The maximum absolute atomic E-state index is 12.2. The Bertz CT molecular complexity index is 617. The first-order valence-corrected chi connectivity index (χ1v) is 8.11. The Morgan fingerprint density at radius 3 is 2.30 bits per heavy atom. The molecule has 1 aromatic carbocycles. The Kier molecular flexibility index (Phi) is 7.55. The van der Waals surface area contributed by atoms with Gasteiger partial charge in [-0.2, -0.15) is 0 Å². The number of halogens is 1. The fraction of sp³-hybridized carbons (Fsp3) is 0.294. The number of nitrogens with zero attached hydrogens (tertiary/aromatic N) is 1. The number of benzene rings is 1. The molecule has 1 heterocycles. The van der Waals surface area contributed by atoms with Crippen LogP contribution in [0.4, 0.5) is 5.69 Å². The summed E-state index contributed by atoms with van der Waals surface area (Å²) < 4.78 is 0. The van der Waals surface area contributed by atoms with Gasteiger partial charge in [0.25, 0.3) is 0 Å². The van der Waals surface area contributed by atoms with Gasteiger partial charge < -0.3 is 11.1 Å². The number of nitrogens with two attached hydrogens (primary N) is 1. The van der Waals surface area contributed by atoms with Gasteiger partial charge in [-0.05, 0) is 49.7 Å². The molecular formula is C17H22ClN3OS. The molecule has 0 aliphatic carbocycles. The fourth-order valence-electron chi connectivity index (χ4n) is 2.06. The van der Waals surface area contributed by atoms with Crippen LogP contribution in [0, 0.1) is 0 Å². The van der Waals surface area contributed by atoms with E-state index < -0.39 is 5.54 Å². The third-order valence-electron chi connectivity index (χ3n) is 3.29.